The van der Waals surface area contributed by atoms with Crippen LogP contribution in [0.3, 0.4) is 0 Å². The molecule has 0 bridgehead atoms. The van der Waals surface area contributed by atoms with E-state index in [9.17, 15) is 24.0 Å². The molecule has 0 aliphatic carbocycles. The fourth-order valence-corrected chi connectivity index (χ4v) is 9.75. The molecule has 4 aliphatic heterocycles. The fourth-order valence-electron chi connectivity index (χ4n) is 5.28. The topological polar surface area (TPSA) is 238 Å². The molecule has 0 aromatic carbocycles. The number of thioether (sulfide) groups is 3. The number of carbonyl (C=O) groups excluding carboxylic acids is 5. The molecule has 4 aliphatic rings. The van der Waals surface area contributed by atoms with Crippen LogP contribution in [0.2, 0.25) is 0 Å². The molecule has 2 N–H and O–H groups in total. The molecule has 7 heterocycles. The number of β-lactam (4-membered cyclic amide) rings is 1. The average Bonchev–Trinajstić information content (AvgIpc) is 3.91. The van der Waals surface area contributed by atoms with Crippen LogP contribution >= 0.6 is 46.6 Å². The van der Waals surface area contributed by atoms with Gasteiger partial charge in [-0.3, -0.25) is 29.0 Å². The Balaban J connectivity index is 1.16. The molecule has 0 radical (unpaired) electrons. The van der Waals surface area contributed by atoms with E-state index in [-0.39, 0.29) is 37.6 Å². The lowest BCUT2D eigenvalue weighted by Gasteiger charge is -2.51. The van der Waals surface area contributed by atoms with E-state index in [2.05, 4.69) is 51.9 Å². The number of hydrogen-bond acceptors (Lipinski definition) is 18. The van der Waals surface area contributed by atoms with Gasteiger partial charge in [0, 0.05) is 29.4 Å². The molecule has 20 nitrogen and oxygen atoms in total. The van der Waals surface area contributed by atoms with Crippen LogP contribution in [-0.4, -0.2) is 137 Å². The summed E-state index contributed by atoms with van der Waals surface area (Å²) in [6.07, 6.45) is 2.58. The number of aryl methyl sites for hydroxylation is 1. The van der Waals surface area contributed by atoms with Crippen LogP contribution in [0.25, 0.3) is 0 Å². The standard InChI is InChI=1S/C24H24N14O6S4/c1-11-29-30-24(48-11)47-8-13-7-46-22-17(28-15(40)4-36-10-27-32-34-36)20(41)38(22)18(13)21(42)37-16(45-6-12-5-44-23(43)19(12)37)2-25-14(39)3-35-9-26-31-33-35/h9-10,16-17,22H,2-8H2,1H3,(H,25,39)(H,28,40)/t16?,17-,22-/m1/s1. The lowest BCUT2D eigenvalue weighted by molar-refractivity contribution is -0.149. The molecule has 250 valence electrons. The molecule has 3 atom stereocenters. The van der Waals surface area contributed by atoms with Gasteiger partial charge in [-0.25, -0.2) is 14.2 Å². The van der Waals surface area contributed by atoms with Crippen molar-refractivity contribution in [3.8, 4) is 0 Å². The molecule has 24 heteroatoms. The van der Waals surface area contributed by atoms with Crippen LogP contribution in [0.5, 0.6) is 0 Å². The third-order valence-electron chi connectivity index (χ3n) is 7.42. The number of carbonyl (C=O) groups is 5. The monoisotopic (exact) mass is 732 g/mol. The van der Waals surface area contributed by atoms with Crippen molar-refractivity contribution in [3.63, 3.8) is 0 Å². The van der Waals surface area contributed by atoms with Crippen LogP contribution in [0.4, 0.5) is 0 Å². The van der Waals surface area contributed by atoms with Crippen molar-refractivity contribution in [2.75, 3.05) is 30.4 Å². The van der Waals surface area contributed by atoms with Crippen molar-refractivity contribution in [2.24, 2.45) is 0 Å². The van der Waals surface area contributed by atoms with Gasteiger partial charge in [0.05, 0.1) is 0 Å². The predicted octanol–water partition coefficient (Wildman–Crippen LogP) is -2.21. The molecule has 7 rings (SSSR count). The smallest absolute Gasteiger partial charge is 0.355 e. The highest BCUT2D eigenvalue weighted by atomic mass is 32.2. The Kier molecular flexibility index (Phi) is 9.11. The average molecular weight is 733 g/mol. The first-order chi connectivity index (χ1) is 23.3. The third-order valence-corrected chi connectivity index (χ3v) is 12.1. The first kappa shape index (κ1) is 32.1. The second-order valence-corrected chi connectivity index (χ2v) is 15.2. The maximum absolute atomic E-state index is 14.8. The Bertz CT molecular complexity index is 1830. The maximum atomic E-state index is 14.8. The van der Waals surface area contributed by atoms with Gasteiger partial charge in [-0.2, -0.15) is 0 Å². The molecule has 1 saturated heterocycles. The summed E-state index contributed by atoms with van der Waals surface area (Å²) in [6.45, 7) is 1.53. The van der Waals surface area contributed by atoms with Gasteiger partial charge in [-0.05, 0) is 33.4 Å². The van der Waals surface area contributed by atoms with Gasteiger partial charge >= 0.3 is 5.97 Å². The first-order valence-corrected chi connectivity index (χ1v) is 18.1. The molecular weight excluding hydrogens is 709 g/mol. The van der Waals surface area contributed by atoms with E-state index in [1.54, 1.807) is 0 Å². The van der Waals surface area contributed by atoms with Crippen molar-refractivity contribution in [2.45, 2.75) is 41.1 Å². The largest absolute Gasteiger partial charge is 0.456 e. The Labute approximate surface area is 286 Å². The predicted molar refractivity (Wildman–Crippen MR) is 167 cm³/mol. The van der Waals surface area contributed by atoms with Crippen molar-refractivity contribution < 1.29 is 28.7 Å². The molecule has 0 saturated carbocycles. The summed E-state index contributed by atoms with van der Waals surface area (Å²) in [7, 11) is 0. The minimum absolute atomic E-state index is 0.00913. The Morgan fingerprint density at radius 3 is 2.46 bits per heavy atom. The number of fused-ring (bicyclic) bond motifs is 1. The number of nitrogens with zero attached hydrogens (tertiary/aromatic N) is 12. The van der Waals surface area contributed by atoms with Crippen molar-refractivity contribution in [3.05, 3.63) is 40.2 Å². The molecule has 1 unspecified atom stereocenters. The highest BCUT2D eigenvalue weighted by Crippen LogP contribution is 2.44. The van der Waals surface area contributed by atoms with Crippen LogP contribution in [-0.2, 0) is 41.8 Å². The van der Waals surface area contributed by atoms with Crippen LogP contribution in [0.1, 0.15) is 5.01 Å². The molecule has 3 aromatic rings. The van der Waals surface area contributed by atoms with Crippen molar-refractivity contribution in [1.82, 2.24) is 71.0 Å². The molecule has 48 heavy (non-hydrogen) atoms. The summed E-state index contributed by atoms with van der Waals surface area (Å²) in [5.41, 5.74) is 1.51. The first-order valence-electron chi connectivity index (χ1n) is 14.2. The number of nitrogens with one attached hydrogen (secondary N) is 2. The minimum Gasteiger partial charge on any atom is -0.456 e. The quantitative estimate of drug-likeness (QED) is 0.121. The lowest BCUT2D eigenvalue weighted by Crippen LogP contribution is -2.71. The van der Waals surface area contributed by atoms with E-state index < -0.39 is 46.4 Å². The van der Waals surface area contributed by atoms with E-state index in [1.807, 2.05) is 6.92 Å². The van der Waals surface area contributed by atoms with Crippen LogP contribution in [0.15, 0.2) is 39.5 Å². The highest BCUT2D eigenvalue weighted by molar-refractivity contribution is 8.02. The number of cyclic esters (lactones) is 1. The molecule has 1 fully saturated rings. The Morgan fingerprint density at radius 2 is 1.77 bits per heavy atom. The summed E-state index contributed by atoms with van der Waals surface area (Å²) >= 11 is 5.57. The van der Waals surface area contributed by atoms with E-state index in [1.165, 1.54) is 78.4 Å². The zero-order valence-electron chi connectivity index (χ0n) is 24.8. The van der Waals surface area contributed by atoms with Crippen molar-refractivity contribution >= 4 is 76.2 Å². The second-order valence-electron chi connectivity index (χ2n) is 10.6. The second kappa shape index (κ2) is 13.6. The number of ether oxygens (including phenoxy) is 1. The van der Waals surface area contributed by atoms with Gasteiger partial charge < -0.3 is 15.4 Å². The molecule has 0 spiro atoms. The Hall–Kier alpha value is -4.42. The highest BCUT2D eigenvalue weighted by Gasteiger charge is 2.56. The number of esters is 1. The van der Waals surface area contributed by atoms with E-state index in [0.29, 0.717) is 32.7 Å². The van der Waals surface area contributed by atoms with Gasteiger partial charge in [0.2, 0.25) is 11.8 Å². The number of rotatable bonds is 11. The van der Waals surface area contributed by atoms with Gasteiger partial charge in [0.25, 0.3) is 11.8 Å². The third kappa shape index (κ3) is 6.38. The van der Waals surface area contributed by atoms with E-state index >= 15 is 0 Å². The SMILES string of the molecule is Cc1nnc(SCC2=C(C(=O)N3C4=C(COC4=O)CSC3CNC(=O)Cn3cnnn3)N3C(=O)[C@@H](NC(=O)Cn4cnnn4)[C@H]3SC2)s1. The van der Waals surface area contributed by atoms with E-state index in [0.717, 1.165) is 5.01 Å². The van der Waals surface area contributed by atoms with Gasteiger partial charge in [0.15, 0.2) is 4.34 Å². The zero-order chi connectivity index (χ0) is 33.4. The van der Waals surface area contributed by atoms with Gasteiger partial charge in [-0.15, -0.1) is 43.9 Å². The van der Waals surface area contributed by atoms with E-state index in [4.69, 9.17) is 4.74 Å². The summed E-state index contributed by atoms with van der Waals surface area (Å²) in [5, 5.41) is 34.7. The normalized spacial score (nSPS) is 21.9. The van der Waals surface area contributed by atoms with Crippen LogP contribution < -0.4 is 10.6 Å². The zero-order valence-corrected chi connectivity index (χ0v) is 28.1. The summed E-state index contributed by atoms with van der Waals surface area (Å²) in [4.78, 5) is 69.7. The molecule has 4 amide bonds. The van der Waals surface area contributed by atoms with Gasteiger partial charge in [0.1, 0.15) is 65.5 Å². The summed E-state index contributed by atoms with van der Waals surface area (Å²) in [5.74, 6) is -1.51. The maximum Gasteiger partial charge on any atom is 0.355 e. The number of hydrogen-bond donors (Lipinski definition) is 2. The lowest BCUT2D eigenvalue weighted by atomic mass is 10.0. The Morgan fingerprint density at radius 1 is 1.02 bits per heavy atom. The minimum atomic E-state index is -0.898. The fraction of sp³-hybridized carbons (Fsp3) is 0.458. The number of aromatic nitrogens is 10. The number of amides is 4. The molecular formula is C24H24N14O6S4. The summed E-state index contributed by atoms with van der Waals surface area (Å²) < 4.78 is 8.50. The number of tetrazole rings is 2. The van der Waals surface area contributed by atoms with Crippen molar-refractivity contribution in [1.29, 1.82) is 0 Å². The summed E-state index contributed by atoms with van der Waals surface area (Å²) in [6, 6.07) is -0.898. The molecule has 3 aromatic heterocycles. The van der Waals surface area contributed by atoms with Crippen LogP contribution in [0, 0.1) is 6.92 Å². The van der Waals surface area contributed by atoms with Gasteiger partial charge in [-0.1, -0.05) is 23.1 Å².